The van der Waals surface area contributed by atoms with Gasteiger partial charge in [-0.3, -0.25) is 0 Å². The fourth-order valence-electron chi connectivity index (χ4n) is 2.27. The standard InChI is InChI=1S/C17H22FN3O/c1-4-15(22-17-20-10-14(18)16(19)21-17)13-7-5-12(6-8-13)9-11(2)3/h5-8,10-11,15H,4,9H2,1-3H3,(H2,19,20,21). The third kappa shape index (κ3) is 4.16. The Labute approximate surface area is 130 Å². The van der Waals surface area contributed by atoms with Gasteiger partial charge in [0.1, 0.15) is 6.10 Å². The summed E-state index contributed by atoms with van der Waals surface area (Å²) in [6, 6.07) is 8.43. The highest BCUT2D eigenvalue weighted by Gasteiger charge is 2.14. The summed E-state index contributed by atoms with van der Waals surface area (Å²) in [6.45, 7) is 6.41. The van der Waals surface area contributed by atoms with Crippen LogP contribution in [-0.4, -0.2) is 9.97 Å². The Bertz CT molecular complexity index is 614. The zero-order valence-electron chi connectivity index (χ0n) is 13.2. The number of halogens is 1. The molecule has 1 heterocycles. The van der Waals surface area contributed by atoms with Crippen molar-refractivity contribution in [2.24, 2.45) is 5.92 Å². The van der Waals surface area contributed by atoms with Gasteiger partial charge >= 0.3 is 6.01 Å². The van der Waals surface area contributed by atoms with Gasteiger partial charge in [-0.05, 0) is 29.9 Å². The molecule has 4 nitrogen and oxygen atoms in total. The van der Waals surface area contributed by atoms with Crippen molar-refractivity contribution in [3.63, 3.8) is 0 Å². The van der Waals surface area contributed by atoms with Crippen LogP contribution < -0.4 is 10.5 Å². The minimum Gasteiger partial charge on any atom is -0.455 e. The predicted octanol–water partition coefficient (Wildman–Crippen LogP) is 3.93. The molecule has 1 aromatic carbocycles. The molecule has 22 heavy (non-hydrogen) atoms. The smallest absolute Gasteiger partial charge is 0.319 e. The van der Waals surface area contributed by atoms with E-state index in [-0.39, 0.29) is 17.9 Å². The number of rotatable bonds is 6. The van der Waals surface area contributed by atoms with Gasteiger partial charge in [0.15, 0.2) is 11.6 Å². The highest BCUT2D eigenvalue weighted by atomic mass is 19.1. The van der Waals surface area contributed by atoms with Gasteiger partial charge < -0.3 is 10.5 Å². The molecule has 1 unspecified atom stereocenters. The Balaban J connectivity index is 2.12. The van der Waals surface area contributed by atoms with Crippen molar-refractivity contribution in [3.8, 4) is 6.01 Å². The van der Waals surface area contributed by atoms with E-state index in [4.69, 9.17) is 10.5 Å². The van der Waals surface area contributed by atoms with Crippen LogP contribution in [0.4, 0.5) is 10.2 Å². The number of nitrogens with zero attached hydrogens (tertiary/aromatic N) is 2. The molecular formula is C17H22FN3O. The summed E-state index contributed by atoms with van der Waals surface area (Å²) in [7, 11) is 0. The third-order valence-electron chi connectivity index (χ3n) is 3.36. The van der Waals surface area contributed by atoms with Crippen LogP contribution in [0.5, 0.6) is 6.01 Å². The number of anilines is 1. The van der Waals surface area contributed by atoms with Crippen molar-refractivity contribution in [2.75, 3.05) is 5.73 Å². The molecule has 1 aromatic heterocycles. The SMILES string of the molecule is CCC(Oc1ncc(F)c(N)n1)c1ccc(CC(C)C)cc1. The lowest BCUT2D eigenvalue weighted by molar-refractivity contribution is 0.183. The van der Waals surface area contributed by atoms with E-state index < -0.39 is 5.82 Å². The van der Waals surface area contributed by atoms with Crippen LogP contribution >= 0.6 is 0 Å². The van der Waals surface area contributed by atoms with E-state index in [2.05, 4.69) is 48.1 Å². The molecule has 0 spiro atoms. The van der Waals surface area contributed by atoms with Gasteiger partial charge in [-0.15, -0.1) is 0 Å². The quantitative estimate of drug-likeness (QED) is 0.878. The van der Waals surface area contributed by atoms with Crippen molar-refractivity contribution in [3.05, 3.63) is 47.4 Å². The van der Waals surface area contributed by atoms with E-state index in [0.717, 1.165) is 24.6 Å². The van der Waals surface area contributed by atoms with E-state index in [9.17, 15) is 4.39 Å². The molecule has 0 fully saturated rings. The second-order valence-electron chi connectivity index (χ2n) is 5.74. The average molecular weight is 303 g/mol. The number of hydrogen-bond acceptors (Lipinski definition) is 4. The molecule has 5 heteroatoms. The van der Waals surface area contributed by atoms with Gasteiger partial charge in [0.2, 0.25) is 0 Å². The van der Waals surface area contributed by atoms with Crippen molar-refractivity contribution < 1.29 is 9.13 Å². The van der Waals surface area contributed by atoms with Crippen LogP contribution in [0.3, 0.4) is 0 Å². The van der Waals surface area contributed by atoms with E-state index in [1.54, 1.807) is 0 Å². The summed E-state index contributed by atoms with van der Waals surface area (Å²) >= 11 is 0. The second-order valence-corrected chi connectivity index (χ2v) is 5.74. The molecule has 2 rings (SSSR count). The Kier molecular flexibility index (Phi) is 5.31. The van der Waals surface area contributed by atoms with Gasteiger partial charge in [0, 0.05) is 0 Å². The minimum absolute atomic E-state index is 0.0945. The summed E-state index contributed by atoms with van der Waals surface area (Å²) < 4.78 is 18.8. The molecule has 0 radical (unpaired) electrons. The lowest BCUT2D eigenvalue weighted by Crippen LogP contribution is -2.10. The van der Waals surface area contributed by atoms with Crippen LogP contribution in [0.25, 0.3) is 0 Å². The first-order chi connectivity index (χ1) is 10.5. The first kappa shape index (κ1) is 16.2. The van der Waals surface area contributed by atoms with Crippen LogP contribution in [0.2, 0.25) is 0 Å². The minimum atomic E-state index is -0.640. The zero-order valence-corrected chi connectivity index (χ0v) is 13.2. The van der Waals surface area contributed by atoms with Gasteiger partial charge in [-0.25, -0.2) is 9.37 Å². The second kappa shape index (κ2) is 7.20. The van der Waals surface area contributed by atoms with Gasteiger partial charge in [0.05, 0.1) is 6.20 Å². The molecule has 0 bridgehead atoms. The van der Waals surface area contributed by atoms with Gasteiger partial charge in [0.25, 0.3) is 0 Å². The molecule has 0 amide bonds. The van der Waals surface area contributed by atoms with Crippen molar-refractivity contribution in [1.29, 1.82) is 0 Å². The molecule has 2 aromatic rings. The lowest BCUT2D eigenvalue weighted by atomic mass is 9.99. The van der Waals surface area contributed by atoms with E-state index in [1.165, 1.54) is 5.56 Å². The molecule has 0 saturated carbocycles. The molecule has 0 saturated heterocycles. The molecule has 0 aliphatic carbocycles. The topological polar surface area (TPSA) is 61.0 Å². The Morgan fingerprint density at radius 2 is 1.91 bits per heavy atom. The Morgan fingerprint density at radius 3 is 2.45 bits per heavy atom. The van der Waals surface area contributed by atoms with Crippen molar-refractivity contribution in [2.45, 2.75) is 39.7 Å². The maximum atomic E-state index is 13.1. The number of nitrogens with two attached hydrogens (primary N) is 1. The third-order valence-corrected chi connectivity index (χ3v) is 3.36. The first-order valence-corrected chi connectivity index (χ1v) is 7.53. The maximum absolute atomic E-state index is 13.1. The fraction of sp³-hybridized carbons (Fsp3) is 0.412. The van der Waals surface area contributed by atoms with Gasteiger partial charge in [-0.1, -0.05) is 45.0 Å². The van der Waals surface area contributed by atoms with Crippen molar-refractivity contribution >= 4 is 5.82 Å². The molecule has 118 valence electrons. The normalized spacial score (nSPS) is 12.4. The molecule has 0 aliphatic rings. The molecule has 0 aliphatic heterocycles. The summed E-state index contributed by atoms with van der Waals surface area (Å²) in [5.41, 5.74) is 7.78. The first-order valence-electron chi connectivity index (χ1n) is 7.53. The average Bonchev–Trinajstić information content (AvgIpc) is 2.49. The number of aromatic nitrogens is 2. The van der Waals surface area contributed by atoms with E-state index >= 15 is 0 Å². The molecular weight excluding hydrogens is 281 g/mol. The van der Waals surface area contributed by atoms with E-state index in [0.29, 0.717) is 5.92 Å². The molecule has 1 atom stereocenters. The maximum Gasteiger partial charge on any atom is 0.319 e. The highest BCUT2D eigenvalue weighted by Crippen LogP contribution is 2.24. The highest BCUT2D eigenvalue weighted by molar-refractivity contribution is 5.30. The van der Waals surface area contributed by atoms with Crippen LogP contribution in [-0.2, 0) is 6.42 Å². The summed E-state index contributed by atoms with van der Waals surface area (Å²) in [6.07, 6.45) is 2.65. The number of hydrogen-bond donors (Lipinski definition) is 1. The summed E-state index contributed by atoms with van der Waals surface area (Å²) in [5.74, 6) is -0.217. The lowest BCUT2D eigenvalue weighted by Gasteiger charge is -2.17. The molecule has 2 N–H and O–H groups in total. The Hall–Kier alpha value is -2.17. The monoisotopic (exact) mass is 303 g/mol. The van der Waals surface area contributed by atoms with Crippen LogP contribution in [0, 0.1) is 11.7 Å². The number of ether oxygens (including phenoxy) is 1. The zero-order chi connectivity index (χ0) is 16.1. The van der Waals surface area contributed by atoms with Gasteiger partial charge in [-0.2, -0.15) is 4.98 Å². The summed E-state index contributed by atoms with van der Waals surface area (Å²) in [5, 5.41) is 0. The summed E-state index contributed by atoms with van der Waals surface area (Å²) in [4.78, 5) is 7.63. The predicted molar refractivity (Wildman–Crippen MR) is 85.0 cm³/mol. The fourth-order valence-corrected chi connectivity index (χ4v) is 2.27. The van der Waals surface area contributed by atoms with Crippen LogP contribution in [0.15, 0.2) is 30.5 Å². The van der Waals surface area contributed by atoms with Crippen molar-refractivity contribution in [1.82, 2.24) is 9.97 Å². The largest absolute Gasteiger partial charge is 0.455 e. The number of nitrogen functional groups attached to an aromatic ring is 1. The van der Waals surface area contributed by atoms with Crippen LogP contribution in [0.1, 0.15) is 44.4 Å². The Morgan fingerprint density at radius 1 is 1.23 bits per heavy atom. The van der Waals surface area contributed by atoms with E-state index in [1.807, 2.05) is 6.92 Å². The number of benzene rings is 1.